The van der Waals surface area contributed by atoms with Gasteiger partial charge in [0.15, 0.2) is 0 Å². The Kier molecular flexibility index (Phi) is 50.1. The number of hydrogen-bond acceptors (Lipinski definition) is 5. The first-order chi connectivity index (χ1) is 32.5. The van der Waals surface area contributed by atoms with Gasteiger partial charge in [0.1, 0.15) is 13.2 Å². The molecular formula is C58H120N2O6P+. The van der Waals surface area contributed by atoms with Crippen LogP contribution in [0.3, 0.4) is 0 Å². The molecule has 67 heavy (non-hydrogen) atoms. The SMILES string of the molecule is CCCCCCCCCCCCCCCCCCCCCCCCCCCCCCCCCCCCC(=O)N[C@@H](COP(=O)(O)OCC[N+](C)(C)C)[C@H](O)CCCCCCCCCCCCC. The zero-order valence-corrected chi connectivity index (χ0v) is 46.8. The minimum Gasteiger partial charge on any atom is -0.391 e. The largest absolute Gasteiger partial charge is 0.472 e. The van der Waals surface area contributed by atoms with Crippen LogP contribution in [0.25, 0.3) is 0 Å². The molecule has 402 valence electrons. The average molecular weight is 973 g/mol. The lowest BCUT2D eigenvalue weighted by Crippen LogP contribution is -2.46. The Morgan fingerprint density at radius 1 is 0.448 bits per heavy atom. The van der Waals surface area contributed by atoms with Gasteiger partial charge in [0.25, 0.3) is 0 Å². The summed E-state index contributed by atoms with van der Waals surface area (Å²) in [6.45, 7) is 4.92. The minimum atomic E-state index is -4.31. The molecule has 9 heteroatoms. The van der Waals surface area contributed by atoms with Crippen molar-refractivity contribution in [3.63, 3.8) is 0 Å². The topological polar surface area (TPSA) is 105 Å². The van der Waals surface area contributed by atoms with E-state index in [2.05, 4.69) is 19.2 Å². The molecule has 0 fully saturated rings. The molecule has 3 atom stereocenters. The van der Waals surface area contributed by atoms with Crippen molar-refractivity contribution in [2.75, 3.05) is 40.9 Å². The molecule has 0 radical (unpaired) electrons. The van der Waals surface area contributed by atoms with Gasteiger partial charge in [-0.2, -0.15) is 0 Å². The normalized spacial score (nSPS) is 13.8. The predicted octanol–water partition coefficient (Wildman–Crippen LogP) is 18.0. The second-order valence-corrected chi connectivity index (χ2v) is 23.5. The molecule has 0 saturated heterocycles. The van der Waals surface area contributed by atoms with Gasteiger partial charge in [0.2, 0.25) is 5.91 Å². The van der Waals surface area contributed by atoms with Crippen molar-refractivity contribution in [3.05, 3.63) is 0 Å². The molecule has 1 unspecified atom stereocenters. The number of hydrogen-bond donors (Lipinski definition) is 3. The third-order valence-electron chi connectivity index (χ3n) is 14.1. The van der Waals surface area contributed by atoms with Gasteiger partial charge in [0.05, 0.1) is 39.9 Å². The van der Waals surface area contributed by atoms with E-state index in [1.165, 1.54) is 250 Å². The van der Waals surface area contributed by atoms with Crippen molar-refractivity contribution < 1.29 is 32.9 Å². The molecule has 0 saturated carbocycles. The van der Waals surface area contributed by atoms with Gasteiger partial charge in [0, 0.05) is 6.42 Å². The number of nitrogens with zero attached hydrogens (tertiary/aromatic N) is 1. The number of nitrogens with one attached hydrogen (secondary N) is 1. The van der Waals surface area contributed by atoms with Gasteiger partial charge >= 0.3 is 7.82 Å². The third kappa shape index (κ3) is 53.1. The second-order valence-electron chi connectivity index (χ2n) is 22.1. The number of phosphoric acid groups is 1. The highest BCUT2D eigenvalue weighted by Gasteiger charge is 2.28. The first-order valence-corrected chi connectivity index (χ1v) is 31.4. The van der Waals surface area contributed by atoms with E-state index in [4.69, 9.17) is 9.05 Å². The maximum Gasteiger partial charge on any atom is 0.472 e. The first-order valence-electron chi connectivity index (χ1n) is 29.9. The minimum absolute atomic E-state index is 0.0787. The van der Waals surface area contributed by atoms with Crippen LogP contribution >= 0.6 is 7.82 Å². The predicted molar refractivity (Wildman–Crippen MR) is 291 cm³/mol. The number of aliphatic hydroxyl groups excluding tert-OH is 1. The van der Waals surface area contributed by atoms with Gasteiger partial charge in [-0.25, -0.2) is 4.57 Å². The summed E-state index contributed by atoms with van der Waals surface area (Å²) in [5.74, 6) is -0.138. The molecule has 0 spiro atoms. The van der Waals surface area contributed by atoms with E-state index in [1.54, 1.807) is 0 Å². The summed E-state index contributed by atoms with van der Waals surface area (Å²) in [4.78, 5) is 23.3. The number of amides is 1. The summed E-state index contributed by atoms with van der Waals surface area (Å²) in [5.41, 5.74) is 0. The Morgan fingerprint density at radius 3 is 1.00 bits per heavy atom. The Balaban J connectivity index is 3.85. The van der Waals surface area contributed by atoms with Crippen LogP contribution in [0, 0.1) is 0 Å². The van der Waals surface area contributed by atoms with Crippen LogP contribution in [-0.4, -0.2) is 73.4 Å². The number of carbonyl (C=O) groups excluding carboxylic acids is 1. The van der Waals surface area contributed by atoms with Gasteiger partial charge in [-0.05, 0) is 12.8 Å². The molecule has 0 aromatic heterocycles. The van der Waals surface area contributed by atoms with Crippen LogP contribution in [0.2, 0.25) is 0 Å². The second kappa shape index (κ2) is 50.4. The van der Waals surface area contributed by atoms with Crippen molar-refractivity contribution in [3.8, 4) is 0 Å². The van der Waals surface area contributed by atoms with Gasteiger partial charge < -0.3 is 19.8 Å². The highest BCUT2D eigenvalue weighted by molar-refractivity contribution is 7.47. The maximum absolute atomic E-state index is 13.0. The van der Waals surface area contributed by atoms with Crippen LogP contribution in [0.1, 0.15) is 316 Å². The van der Waals surface area contributed by atoms with Crippen LogP contribution in [-0.2, 0) is 18.4 Å². The summed E-state index contributed by atoms with van der Waals surface area (Å²) in [5, 5.41) is 14.0. The van der Waals surface area contributed by atoms with Gasteiger partial charge in [-0.15, -0.1) is 0 Å². The Hall–Kier alpha value is -0.500. The molecule has 0 aromatic carbocycles. The third-order valence-corrected chi connectivity index (χ3v) is 15.1. The fourth-order valence-electron chi connectivity index (χ4n) is 9.40. The molecule has 0 aliphatic carbocycles. The van der Waals surface area contributed by atoms with E-state index >= 15 is 0 Å². The smallest absolute Gasteiger partial charge is 0.391 e. The molecule has 0 rings (SSSR count). The van der Waals surface area contributed by atoms with Crippen molar-refractivity contribution in [1.29, 1.82) is 0 Å². The fraction of sp³-hybridized carbons (Fsp3) is 0.983. The molecule has 0 bridgehead atoms. The van der Waals surface area contributed by atoms with Crippen molar-refractivity contribution in [2.24, 2.45) is 0 Å². The average Bonchev–Trinajstić information content (AvgIpc) is 3.29. The van der Waals surface area contributed by atoms with E-state index in [9.17, 15) is 19.4 Å². The van der Waals surface area contributed by atoms with Crippen molar-refractivity contribution in [1.82, 2.24) is 5.32 Å². The molecule has 0 heterocycles. The standard InChI is InChI=1S/C58H119N2O6P/c1-6-8-10-12-14-16-18-19-20-21-22-23-24-25-26-27-28-29-30-31-32-33-34-35-36-37-38-39-40-42-44-46-48-50-52-58(62)59-56(55-66-67(63,64)65-54-53-60(3,4)5)57(61)51-49-47-45-43-41-17-15-13-11-9-7-2/h56-57,61H,6-55H2,1-5H3,(H-,59,62,63,64)/p+1/t56-,57+/m0/s1. The molecule has 0 aliphatic heterocycles. The van der Waals surface area contributed by atoms with Crippen molar-refractivity contribution in [2.45, 2.75) is 328 Å². The summed E-state index contributed by atoms with van der Waals surface area (Å²) in [6.07, 6.45) is 60.5. The zero-order valence-electron chi connectivity index (χ0n) is 45.9. The Morgan fingerprint density at radius 2 is 0.716 bits per heavy atom. The van der Waals surface area contributed by atoms with Crippen molar-refractivity contribution >= 4 is 13.7 Å². The summed E-state index contributed by atoms with van der Waals surface area (Å²) >= 11 is 0. The number of aliphatic hydroxyl groups is 1. The van der Waals surface area contributed by atoms with Crippen LogP contribution in [0.5, 0.6) is 0 Å². The van der Waals surface area contributed by atoms with Crippen LogP contribution < -0.4 is 5.32 Å². The van der Waals surface area contributed by atoms with E-state index in [1.807, 2.05) is 21.1 Å². The van der Waals surface area contributed by atoms with Crippen LogP contribution in [0.4, 0.5) is 0 Å². The summed E-state index contributed by atoms with van der Waals surface area (Å²) in [6, 6.07) is -0.754. The van der Waals surface area contributed by atoms with E-state index in [0.717, 1.165) is 38.5 Å². The molecular weight excluding hydrogens is 852 g/mol. The summed E-state index contributed by atoms with van der Waals surface area (Å²) < 4.78 is 23.7. The highest BCUT2D eigenvalue weighted by atomic mass is 31.2. The number of rotatable bonds is 56. The lowest BCUT2D eigenvalue weighted by molar-refractivity contribution is -0.870. The number of likely N-dealkylation sites (N-methyl/N-ethyl adjacent to an activating group) is 1. The fourth-order valence-corrected chi connectivity index (χ4v) is 10.1. The summed E-state index contributed by atoms with van der Waals surface area (Å²) in [7, 11) is 1.63. The monoisotopic (exact) mass is 972 g/mol. The number of phosphoric ester groups is 1. The van der Waals surface area contributed by atoms with Gasteiger partial charge in [-0.1, -0.05) is 296 Å². The highest BCUT2D eigenvalue weighted by Crippen LogP contribution is 2.43. The number of unbranched alkanes of at least 4 members (excludes halogenated alkanes) is 43. The Bertz CT molecular complexity index is 1060. The van der Waals surface area contributed by atoms with E-state index in [-0.39, 0.29) is 19.1 Å². The Labute approximate surface area is 419 Å². The zero-order chi connectivity index (χ0) is 49.2. The number of carbonyl (C=O) groups is 1. The maximum atomic E-state index is 13.0. The molecule has 0 aliphatic rings. The molecule has 1 amide bonds. The molecule has 0 aromatic rings. The quantitative estimate of drug-likeness (QED) is 0.0319. The lowest BCUT2D eigenvalue weighted by atomic mass is 10.0. The van der Waals surface area contributed by atoms with E-state index in [0.29, 0.717) is 23.9 Å². The van der Waals surface area contributed by atoms with E-state index < -0.39 is 20.0 Å². The van der Waals surface area contributed by atoms with Crippen LogP contribution in [0.15, 0.2) is 0 Å². The molecule has 3 N–H and O–H groups in total. The van der Waals surface area contributed by atoms with Gasteiger partial charge in [-0.3, -0.25) is 13.8 Å². The number of quaternary nitrogens is 1. The lowest BCUT2D eigenvalue weighted by Gasteiger charge is -2.26. The molecule has 8 nitrogen and oxygen atoms in total. The first kappa shape index (κ1) is 66.5.